The molecule has 2 N–H and O–H groups in total. The molecule has 17 heavy (non-hydrogen) atoms. The molecule has 0 unspecified atom stereocenters. The number of aromatic nitrogens is 2. The van der Waals surface area contributed by atoms with Gasteiger partial charge in [0.25, 0.3) is 0 Å². The molecule has 90 valence electrons. The number of hydrogen-bond acceptors (Lipinski definition) is 2. The minimum absolute atomic E-state index is 0.993. The molecule has 0 bridgehead atoms. The Morgan fingerprint density at radius 2 is 2.24 bits per heavy atom. The number of H-pyrrole nitrogens is 1. The largest absolute Gasteiger partial charge is 0.342 e. The molecule has 0 radical (unpaired) electrons. The molecule has 3 heteroatoms. The summed E-state index contributed by atoms with van der Waals surface area (Å²) in [6.45, 7) is 3.13. The average Bonchev–Trinajstić information content (AvgIpc) is 2.78. The summed E-state index contributed by atoms with van der Waals surface area (Å²) >= 11 is 0. The Hall–Kier alpha value is -1.61. The molecule has 1 aromatic heterocycles. The molecule has 1 aromatic carbocycles. The van der Waals surface area contributed by atoms with E-state index in [0.29, 0.717) is 0 Å². The first kappa shape index (κ1) is 11.9. The van der Waals surface area contributed by atoms with Crippen LogP contribution in [0.4, 0.5) is 0 Å². The fourth-order valence-electron chi connectivity index (χ4n) is 1.88. The number of rotatable bonds is 5. The number of aromatic amines is 1. The van der Waals surface area contributed by atoms with Crippen LogP contribution in [0, 0.1) is 6.92 Å². The van der Waals surface area contributed by atoms with Crippen molar-refractivity contribution < 1.29 is 0 Å². The van der Waals surface area contributed by atoms with Crippen LogP contribution in [0.5, 0.6) is 0 Å². The second-order valence-electron chi connectivity index (χ2n) is 4.32. The molecule has 0 amide bonds. The van der Waals surface area contributed by atoms with Crippen LogP contribution in [0.3, 0.4) is 0 Å². The molecule has 0 aliphatic rings. The van der Waals surface area contributed by atoms with E-state index in [0.717, 1.165) is 30.9 Å². The molecule has 0 saturated carbocycles. The predicted molar refractivity (Wildman–Crippen MR) is 71.0 cm³/mol. The lowest BCUT2D eigenvalue weighted by molar-refractivity contribution is 0.707. The molecular weight excluding hydrogens is 210 g/mol. The van der Waals surface area contributed by atoms with Gasteiger partial charge in [-0.25, -0.2) is 4.98 Å². The van der Waals surface area contributed by atoms with Gasteiger partial charge in [-0.1, -0.05) is 23.8 Å². The lowest BCUT2D eigenvalue weighted by atomic mass is 10.1. The van der Waals surface area contributed by atoms with Gasteiger partial charge in [0.2, 0.25) is 0 Å². The van der Waals surface area contributed by atoms with Gasteiger partial charge in [0.1, 0.15) is 5.82 Å². The Bertz CT molecular complexity index is 474. The fourth-order valence-corrected chi connectivity index (χ4v) is 1.88. The van der Waals surface area contributed by atoms with Crippen LogP contribution in [0.1, 0.15) is 17.8 Å². The first-order valence-corrected chi connectivity index (χ1v) is 6.05. The van der Waals surface area contributed by atoms with Gasteiger partial charge in [-0.3, -0.25) is 0 Å². The van der Waals surface area contributed by atoms with Crippen LogP contribution in [-0.2, 0) is 6.42 Å². The summed E-state index contributed by atoms with van der Waals surface area (Å²) in [5.74, 6) is 1.07. The van der Waals surface area contributed by atoms with E-state index < -0.39 is 0 Å². The SMILES string of the molecule is CNCCCc1ncc(-c2cccc(C)c2)[nH]1. The molecule has 0 saturated heterocycles. The first-order chi connectivity index (χ1) is 8.29. The lowest BCUT2D eigenvalue weighted by Gasteiger charge is -1.99. The molecular formula is C14H19N3. The molecule has 0 atom stereocenters. The third-order valence-corrected chi connectivity index (χ3v) is 2.80. The molecule has 3 nitrogen and oxygen atoms in total. The molecule has 0 fully saturated rings. The lowest BCUT2D eigenvalue weighted by Crippen LogP contribution is -2.08. The highest BCUT2D eigenvalue weighted by atomic mass is 14.9. The van der Waals surface area contributed by atoms with Gasteiger partial charge in [-0.2, -0.15) is 0 Å². The summed E-state index contributed by atoms with van der Waals surface area (Å²) in [7, 11) is 1.97. The summed E-state index contributed by atoms with van der Waals surface area (Å²) in [6, 6.07) is 8.46. The average molecular weight is 229 g/mol. The van der Waals surface area contributed by atoms with Crippen molar-refractivity contribution in [1.29, 1.82) is 0 Å². The second kappa shape index (κ2) is 5.64. The van der Waals surface area contributed by atoms with Crippen molar-refractivity contribution >= 4 is 0 Å². The maximum Gasteiger partial charge on any atom is 0.106 e. The zero-order chi connectivity index (χ0) is 12.1. The molecule has 0 aliphatic heterocycles. The smallest absolute Gasteiger partial charge is 0.106 e. The van der Waals surface area contributed by atoms with E-state index in [1.54, 1.807) is 0 Å². The van der Waals surface area contributed by atoms with Crippen LogP contribution in [0.15, 0.2) is 30.5 Å². The van der Waals surface area contributed by atoms with E-state index >= 15 is 0 Å². The Morgan fingerprint density at radius 1 is 1.35 bits per heavy atom. The van der Waals surface area contributed by atoms with Gasteiger partial charge in [-0.05, 0) is 38.6 Å². The summed E-state index contributed by atoms with van der Waals surface area (Å²) in [5.41, 5.74) is 3.58. The van der Waals surface area contributed by atoms with Gasteiger partial charge in [0.15, 0.2) is 0 Å². The van der Waals surface area contributed by atoms with E-state index in [4.69, 9.17) is 0 Å². The second-order valence-corrected chi connectivity index (χ2v) is 4.32. The van der Waals surface area contributed by atoms with Gasteiger partial charge in [0.05, 0.1) is 11.9 Å². The van der Waals surface area contributed by atoms with Crippen molar-refractivity contribution in [3.05, 3.63) is 41.9 Å². The molecule has 0 spiro atoms. The highest BCUT2D eigenvalue weighted by Crippen LogP contribution is 2.18. The highest BCUT2D eigenvalue weighted by Gasteiger charge is 2.02. The van der Waals surface area contributed by atoms with Gasteiger partial charge in [0, 0.05) is 6.42 Å². The Kier molecular flexibility index (Phi) is 3.94. The maximum absolute atomic E-state index is 4.41. The molecule has 2 rings (SSSR count). The van der Waals surface area contributed by atoms with Gasteiger partial charge >= 0.3 is 0 Å². The standard InChI is InChI=1S/C14H19N3/c1-11-5-3-6-12(9-11)13-10-16-14(17-13)7-4-8-15-2/h3,5-6,9-10,15H,4,7-8H2,1-2H3,(H,16,17). The summed E-state index contributed by atoms with van der Waals surface area (Å²) in [5, 5.41) is 3.14. The van der Waals surface area contributed by atoms with Crippen molar-refractivity contribution in [3.63, 3.8) is 0 Å². The van der Waals surface area contributed by atoms with Gasteiger partial charge in [-0.15, -0.1) is 0 Å². The third-order valence-electron chi connectivity index (χ3n) is 2.80. The number of nitrogens with zero attached hydrogens (tertiary/aromatic N) is 1. The zero-order valence-electron chi connectivity index (χ0n) is 10.5. The van der Waals surface area contributed by atoms with E-state index in [9.17, 15) is 0 Å². The fraction of sp³-hybridized carbons (Fsp3) is 0.357. The predicted octanol–water partition coefficient (Wildman–Crippen LogP) is 2.54. The van der Waals surface area contributed by atoms with E-state index in [1.165, 1.54) is 11.1 Å². The van der Waals surface area contributed by atoms with Crippen molar-refractivity contribution in [2.75, 3.05) is 13.6 Å². The number of hydrogen-bond donors (Lipinski definition) is 2. The first-order valence-electron chi connectivity index (χ1n) is 6.05. The minimum atomic E-state index is 0.993. The van der Waals surface area contributed by atoms with Crippen molar-refractivity contribution in [2.45, 2.75) is 19.8 Å². The Balaban J connectivity index is 2.07. The van der Waals surface area contributed by atoms with Crippen LogP contribution in [0.25, 0.3) is 11.3 Å². The monoisotopic (exact) mass is 229 g/mol. The highest BCUT2D eigenvalue weighted by molar-refractivity contribution is 5.59. The maximum atomic E-state index is 4.41. The quantitative estimate of drug-likeness (QED) is 0.773. The topological polar surface area (TPSA) is 40.7 Å². The number of nitrogens with one attached hydrogen (secondary N) is 2. The number of benzene rings is 1. The Morgan fingerprint density at radius 3 is 3.00 bits per heavy atom. The van der Waals surface area contributed by atoms with E-state index in [2.05, 4.69) is 46.5 Å². The van der Waals surface area contributed by atoms with E-state index in [1.807, 2.05) is 13.2 Å². The van der Waals surface area contributed by atoms with Crippen molar-refractivity contribution in [2.24, 2.45) is 0 Å². The zero-order valence-corrected chi connectivity index (χ0v) is 10.5. The third kappa shape index (κ3) is 3.17. The van der Waals surface area contributed by atoms with E-state index in [-0.39, 0.29) is 0 Å². The summed E-state index contributed by atoms with van der Waals surface area (Å²) < 4.78 is 0. The van der Waals surface area contributed by atoms with Crippen molar-refractivity contribution in [3.8, 4) is 11.3 Å². The van der Waals surface area contributed by atoms with Crippen LogP contribution < -0.4 is 5.32 Å². The van der Waals surface area contributed by atoms with Crippen molar-refractivity contribution in [1.82, 2.24) is 15.3 Å². The molecule has 2 aromatic rings. The summed E-state index contributed by atoms with van der Waals surface area (Å²) in [4.78, 5) is 7.79. The summed E-state index contributed by atoms with van der Waals surface area (Å²) in [6.07, 6.45) is 4.02. The van der Waals surface area contributed by atoms with Crippen LogP contribution in [0.2, 0.25) is 0 Å². The van der Waals surface area contributed by atoms with Gasteiger partial charge < -0.3 is 10.3 Å². The number of aryl methyl sites for hydroxylation is 2. The Labute approximate surface area is 102 Å². The normalized spacial score (nSPS) is 10.7. The van der Waals surface area contributed by atoms with Crippen LogP contribution >= 0.6 is 0 Å². The van der Waals surface area contributed by atoms with Crippen LogP contribution in [-0.4, -0.2) is 23.6 Å². The minimum Gasteiger partial charge on any atom is -0.342 e. The molecule has 1 heterocycles. The number of imidazole rings is 1. The molecule has 0 aliphatic carbocycles.